The van der Waals surface area contributed by atoms with Crippen LogP contribution in [0.15, 0.2) is 66.7 Å². The van der Waals surface area contributed by atoms with Crippen LogP contribution in [-0.4, -0.2) is 51.7 Å². The molecule has 0 atom stereocenters. The third-order valence-electron chi connectivity index (χ3n) is 6.69. The summed E-state index contributed by atoms with van der Waals surface area (Å²) in [6.45, 7) is 2.84. The second kappa shape index (κ2) is 10.3. The van der Waals surface area contributed by atoms with Crippen molar-refractivity contribution in [2.24, 2.45) is 0 Å². The molecule has 0 spiro atoms. The highest BCUT2D eigenvalue weighted by atomic mass is 19.1. The van der Waals surface area contributed by atoms with Gasteiger partial charge >= 0.3 is 5.97 Å². The standard InChI is InChI=1S/C29H27FN4O3/c1-19-16-23(10-11-25(19)30)27-31-28(21-6-4-3-5-7-21)34(32-27)18-26(35)33-14-12-20-8-9-24(29(36)37-2)17-22(20)13-15-33/h3-11,16-17H,12-15,18H2,1-2H3. The molecule has 0 saturated heterocycles. The number of aromatic nitrogens is 3. The third-order valence-corrected chi connectivity index (χ3v) is 6.69. The largest absolute Gasteiger partial charge is 0.465 e. The van der Waals surface area contributed by atoms with E-state index in [0.717, 1.165) is 16.7 Å². The first-order valence-electron chi connectivity index (χ1n) is 12.2. The Morgan fingerprint density at radius 3 is 2.43 bits per heavy atom. The monoisotopic (exact) mass is 498 g/mol. The van der Waals surface area contributed by atoms with Crippen molar-refractivity contribution in [2.45, 2.75) is 26.3 Å². The summed E-state index contributed by atoms with van der Waals surface area (Å²) in [7, 11) is 1.37. The van der Waals surface area contributed by atoms with Crippen LogP contribution in [0, 0.1) is 12.7 Å². The molecule has 188 valence electrons. The average molecular weight is 499 g/mol. The van der Waals surface area contributed by atoms with E-state index in [1.54, 1.807) is 29.8 Å². The molecular formula is C29H27FN4O3. The minimum absolute atomic E-state index is 0.0289. The van der Waals surface area contributed by atoms with E-state index in [9.17, 15) is 14.0 Å². The van der Waals surface area contributed by atoms with Crippen molar-refractivity contribution < 1.29 is 18.7 Å². The smallest absolute Gasteiger partial charge is 0.337 e. The molecule has 3 aromatic carbocycles. The van der Waals surface area contributed by atoms with Gasteiger partial charge in [0.15, 0.2) is 11.6 Å². The summed E-state index contributed by atoms with van der Waals surface area (Å²) in [5.41, 5.74) is 4.73. The van der Waals surface area contributed by atoms with E-state index in [1.165, 1.54) is 13.2 Å². The van der Waals surface area contributed by atoms with Gasteiger partial charge in [-0.05, 0) is 66.8 Å². The molecule has 7 nitrogen and oxygen atoms in total. The summed E-state index contributed by atoms with van der Waals surface area (Å²) in [6, 6.07) is 19.9. The number of hydrogen-bond acceptors (Lipinski definition) is 5. The molecule has 0 radical (unpaired) electrons. The molecule has 1 amide bonds. The lowest BCUT2D eigenvalue weighted by Gasteiger charge is -2.20. The Kier molecular flexibility index (Phi) is 6.81. The lowest BCUT2D eigenvalue weighted by Crippen LogP contribution is -2.36. The number of nitrogens with zero attached hydrogens (tertiary/aromatic N) is 4. The average Bonchev–Trinajstić information content (AvgIpc) is 3.21. The molecule has 0 fully saturated rings. The molecular weight excluding hydrogens is 471 g/mol. The first kappa shape index (κ1) is 24.4. The number of amides is 1. The number of aryl methyl sites for hydroxylation is 1. The maximum Gasteiger partial charge on any atom is 0.337 e. The Labute approximate surface area is 214 Å². The van der Waals surface area contributed by atoms with E-state index < -0.39 is 0 Å². The zero-order valence-corrected chi connectivity index (χ0v) is 20.8. The Morgan fingerprint density at radius 1 is 0.946 bits per heavy atom. The van der Waals surface area contributed by atoms with Gasteiger partial charge in [0.2, 0.25) is 5.91 Å². The Bertz CT molecular complexity index is 1470. The third kappa shape index (κ3) is 5.14. The van der Waals surface area contributed by atoms with Gasteiger partial charge in [-0.2, -0.15) is 0 Å². The van der Waals surface area contributed by atoms with E-state index in [2.05, 4.69) is 5.10 Å². The lowest BCUT2D eigenvalue weighted by atomic mass is 10.0. The zero-order chi connectivity index (χ0) is 25.9. The highest BCUT2D eigenvalue weighted by molar-refractivity contribution is 5.89. The molecule has 5 rings (SSSR count). The van der Waals surface area contributed by atoms with Crippen LogP contribution in [0.25, 0.3) is 22.8 Å². The van der Waals surface area contributed by atoms with Gasteiger partial charge in [0.1, 0.15) is 12.4 Å². The van der Waals surface area contributed by atoms with E-state index in [4.69, 9.17) is 9.72 Å². The lowest BCUT2D eigenvalue weighted by molar-refractivity contribution is -0.131. The van der Waals surface area contributed by atoms with Crippen molar-refractivity contribution >= 4 is 11.9 Å². The van der Waals surface area contributed by atoms with Gasteiger partial charge in [-0.3, -0.25) is 4.79 Å². The summed E-state index contributed by atoms with van der Waals surface area (Å²) in [5, 5.41) is 4.65. The summed E-state index contributed by atoms with van der Waals surface area (Å²) in [5.74, 6) is 0.291. The van der Waals surface area contributed by atoms with E-state index >= 15 is 0 Å². The van der Waals surface area contributed by atoms with Crippen molar-refractivity contribution in [1.82, 2.24) is 19.7 Å². The molecule has 0 bridgehead atoms. The van der Waals surface area contributed by atoms with Gasteiger partial charge in [0, 0.05) is 24.2 Å². The first-order chi connectivity index (χ1) is 17.9. The molecule has 1 aromatic heterocycles. The molecule has 1 aliphatic rings. The van der Waals surface area contributed by atoms with Crippen molar-refractivity contribution in [3.8, 4) is 22.8 Å². The van der Waals surface area contributed by atoms with Gasteiger partial charge in [-0.25, -0.2) is 18.9 Å². The van der Waals surface area contributed by atoms with Crippen LogP contribution in [0.1, 0.15) is 27.0 Å². The van der Waals surface area contributed by atoms with E-state index in [1.807, 2.05) is 47.4 Å². The number of hydrogen-bond donors (Lipinski definition) is 0. The Morgan fingerprint density at radius 2 is 1.70 bits per heavy atom. The number of benzene rings is 3. The second-order valence-corrected chi connectivity index (χ2v) is 9.10. The van der Waals surface area contributed by atoms with Gasteiger partial charge in [0.25, 0.3) is 0 Å². The van der Waals surface area contributed by atoms with E-state index in [0.29, 0.717) is 54.3 Å². The van der Waals surface area contributed by atoms with Gasteiger partial charge in [0.05, 0.1) is 12.7 Å². The van der Waals surface area contributed by atoms with Crippen LogP contribution >= 0.6 is 0 Å². The van der Waals surface area contributed by atoms with Gasteiger partial charge in [-0.1, -0.05) is 36.4 Å². The van der Waals surface area contributed by atoms with Crippen molar-refractivity contribution in [2.75, 3.05) is 20.2 Å². The molecule has 0 aliphatic carbocycles. The summed E-state index contributed by atoms with van der Waals surface area (Å²) in [4.78, 5) is 31.9. The van der Waals surface area contributed by atoms with Crippen LogP contribution in [0.3, 0.4) is 0 Å². The van der Waals surface area contributed by atoms with Crippen molar-refractivity contribution in [3.05, 3.63) is 94.8 Å². The Balaban J connectivity index is 1.39. The van der Waals surface area contributed by atoms with Crippen LogP contribution in [-0.2, 0) is 28.9 Å². The number of methoxy groups -OCH3 is 1. The van der Waals surface area contributed by atoms with Crippen molar-refractivity contribution in [3.63, 3.8) is 0 Å². The SMILES string of the molecule is COC(=O)c1ccc2c(c1)CCN(C(=O)Cn1nc(-c3ccc(F)c(C)c3)nc1-c1ccccc1)CC2. The highest BCUT2D eigenvalue weighted by Gasteiger charge is 2.23. The number of ether oxygens (including phenoxy) is 1. The molecule has 37 heavy (non-hydrogen) atoms. The number of esters is 1. The summed E-state index contributed by atoms with van der Waals surface area (Å²) >= 11 is 0. The Hall–Kier alpha value is -4.33. The number of carbonyl (C=O) groups excluding carboxylic acids is 2. The number of carbonyl (C=O) groups is 2. The first-order valence-corrected chi connectivity index (χ1v) is 12.2. The quantitative estimate of drug-likeness (QED) is 0.380. The van der Waals surface area contributed by atoms with E-state index in [-0.39, 0.29) is 24.2 Å². The number of halogens is 1. The normalized spacial score (nSPS) is 13.1. The molecule has 1 aliphatic heterocycles. The number of rotatable bonds is 5. The minimum Gasteiger partial charge on any atom is -0.465 e. The van der Waals surface area contributed by atoms with Crippen LogP contribution in [0.5, 0.6) is 0 Å². The van der Waals surface area contributed by atoms with Crippen LogP contribution in [0.4, 0.5) is 4.39 Å². The highest BCUT2D eigenvalue weighted by Crippen LogP contribution is 2.25. The topological polar surface area (TPSA) is 77.3 Å². The molecule has 0 unspecified atom stereocenters. The minimum atomic E-state index is -0.369. The maximum absolute atomic E-state index is 13.8. The molecule has 4 aromatic rings. The number of fused-ring (bicyclic) bond motifs is 1. The zero-order valence-electron chi connectivity index (χ0n) is 20.8. The second-order valence-electron chi connectivity index (χ2n) is 9.10. The predicted octanol–water partition coefficient (Wildman–Crippen LogP) is 4.47. The van der Waals surface area contributed by atoms with Crippen molar-refractivity contribution in [1.29, 1.82) is 0 Å². The fourth-order valence-electron chi connectivity index (χ4n) is 4.61. The predicted molar refractivity (Wildman–Crippen MR) is 137 cm³/mol. The molecule has 2 heterocycles. The van der Waals surface area contributed by atoms with Gasteiger partial charge in [-0.15, -0.1) is 5.10 Å². The molecule has 0 N–H and O–H groups in total. The van der Waals surface area contributed by atoms with Crippen LogP contribution in [0.2, 0.25) is 0 Å². The summed E-state index contributed by atoms with van der Waals surface area (Å²) in [6.07, 6.45) is 1.35. The van der Waals surface area contributed by atoms with Crippen LogP contribution < -0.4 is 0 Å². The molecule has 0 saturated carbocycles. The fraction of sp³-hybridized carbons (Fsp3) is 0.241. The maximum atomic E-state index is 13.8. The van der Waals surface area contributed by atoms with Gasteiger partial charge < -0.3 is 9.64 Å². The molecule has 8 heteroatoms. The fourth-order valence-corrected chi connectivity index (χ4v) is 4.61. The summed E-state index contributed by atoms with van der Waals surface area (Å²) < 4.78 is 20.3.